The lowest BCUT2D eigenvalue weighted by atomic mass is 9.95. The van der Waals surface area contributed by atoms with Crippen LogP contribution in [-0.4, -0.2) is 82.6 Å². The number of alkyl carbamates (subject to hydrolysis) is 1. The fraction of sp³-hybridized carbons (Fsp3) is 0.830. The molecule has 10 heteroatoms. The summed E-state index contributed by atoms with van der Waals surface area (Å²) in [6, 6.07) is 7.72. The van der Waals surface area contributed by atoms with E-state index in [0.717, 1.165) is 50.5 Å². The molecule has 3 amide bonds. The summed E-state index contributed by atoms with van der Waals surface area (Å²) in [6.07, 6.45) is 28.7. The number of amides is 3. The summed E-state index contributed by atoms with van der Waals surface area (Å²) in [6.45, 7) is 4.83. The second-order valence-corrected chi connectivity index (χ2v) is 16.6. The minimum atomic E-state index is -1.50. The molecule has 0 aromatic heterocycles. The standard InChI is InChI=1S/C47H85N3O7/c1-3-5-7-9-11-13-15-17-18-19-20-21-23-25-27-32-36-48-46(54)50(37-33-28-26-24-22-16-14-12-10-8-6-4-2)45-42(44(53)43(52)41(38-51)57-45)49-47(55)56-39-40-34-30-29-31-35-40/h29-31,34-35,41-45,51-53H,3-28,32-33,36-39H2,1-2H3,(H,48,54)(H,49,55)/t41-,42-,43+,44-,45-/m1/s1. The number of hydrogen-bond donors (Lipinski definition) is 5. The molecule has 5 atom stereocenters. The van der Waals surface area contributed by atoms with E-state index in [0.29, 0.717) is 13.1 Å². The Kier molecular flexibility index (Phi) is 30.7. The maximum atomic E-state index is 13.8. The van der Waals surface area contributed by atoms with Crippen LogP contribution < -0.4 is 10.6 Å². The number of ether oxygens (including phenoxy) is 2. The van der Waals surface area contributed by atoms with E-state index in [1.807, 2.05) is 30.3 Å². The minimum absolute atomic E-state index is 0.0190. The van der Waals surface area contributed by atoms with Gasteiger partial charge in [0.25, 0.3) is 0 Å². The van der Waals surface area contributed by atoms with Crippen molar-refractivity contribution in [2.75, 3.05) is 19.7 Å². The molecule has 0 unspecified atom stereocenters. The van der Waals surface area contributed by atoms with Gasteiger partial charge in [0.1, 0.15) is 31.0 Å². The first-order valence-corrected chi connectivity index (χ1v) is 23.6. The number of nitrogens with one attached hydrogen (secondary N) is 2. The number of rotatable bonds is 35. The van der Waals surface area contributed by atoms with E-state index in [4.69, 9.17) is 9.47 Å². The van der Waals surface area contributed by atoms with E-state index < -0.39 is 43.3 Å². The fourth-order valence-corrected chi connectivity index (χ4v) is 7.86. The normalized spacial score (nSPS) is 19.4. The molecule has 330 valence electrons. The van der Waals surface area contributed by atoms with Gasteiger partial charge in [-0.15, -0.1) is 0 Å². The number of aliphatic hydroxyl groups excluding tert-OH is 3. The SMILES string of the molecule is CCCCCCCCCCCCCCCCCCNC(=O)N(CCCCCCCCCCCCCC)[C@@H]1O[C@H](CO)[C@H](O)[C@H](O)[C@H]1NC(=O)OCc1ccccc1. The van der Waals surface area contributed by atoms with Crippen molar-refractivity contribution in [3.8, 4) is 0 Å². The van der Waals surface area contributed by atoms with Gasteiger partial charge >= 0.3 is 12.1 Å². The third-order valence-corrected chi connectivity index (χ3v) is 11.5. The summed E-state index contributed by atoms with van der Waals surface area (Å²) in [5.41, 5.74) is 0.798. The number of urea groups is 1. The number of carbonyl (C=O) groups excluding carboxylic acids is 2. The lowest BCUT2D eigenvalue weighted by Gasteiger charge is -2.46. The highest BCUT2D eigenvalue weighted by Crippen LogP contribution is 2.25. The molecule has 1 saturated heterocycles. The van der Waals surface area contributed by atoms with Gasteiger partial charge in [-0.05, 0) is 18.4 Å². The van der Waals surface area contributed by atoms with Gasteiger partial charge in [-0.3, -0.25) is 4.90 Å². The van der Waals surface area contributed by atoms with Crippen LogP contribution in [0.2, 0.25) is 0 Å². The Morgan fingerprint density at radius 1 is 0.632 bits per heavy atom. The van der Waals surface area contributed by atoms with Crippen LogP contribution in [0.3, 0.4) is 0 Å². The molecule has 2 rings (SSSR count). The van der Waals surface area contributed by atoms with Crippen LogP contribution in [0, 0.1) is 0 Å². The van der Waals surface area contributed by atoms with Crippen molar-refractivity contribution in [1.82, 2.24) is 15.5 Å². The predicted octanol–water partition coefficient (Wildman–Crippen LogP) is 10.7. The first-order valence-electron chi connectivity index (χ1n) is 23.6. The molecule has 5 N–H and O–H groups in total. The maximum absolute atomic E-state index is 13.8. The van der Waals surface area contributed by atoms with E-state index in [1.54, 1.807) is 0 Å². The number of unbranched alkanes of at least 4 members (excludes halogenated alkanes) is 26. The Labute approximate surface area is 347 Å². The van der Waals surface area contributed by atoms with Gasteiger partial charge in [0.05, 0.1) is 6.61 Å². The third-order valence-electron chi connectivity index (χ3n) is 11.5. The van der Waals surface area contributed by atoms with Gasteiger partial charge in [-0.2, -0.15) is 0 Å². The number of benzene rings is 1. The number of hydrogen-bond acceptors (Lipinski definition) is 7. The number of nitrogens with zero attached hydrogens (tertiary/aromatic N) is 1. The molecule has 1 aliphatic rings. The highest BCUT2D eigenvalue weighted by molar-refractivity contribution is 5.75. The van der Waals surface area contributed by atoms with Gasteiger partial charge in [-0.1, -0.05) is 211 Å². The smallest absolute Gasteiger partial charge is 0.407 e. The molecule has 57 heavy (non-hydrogen) atoms. The van der Waals surface area contributed by atoms with Crippen LogP contribution in [0.25, 0.3) is 0 Å². The molecule has 1 aliphatic heterocycles. The van der Waals surface area contributed by atoms with Crippen molar-refractivity contribution in [2.45, 2.75) is 231 Å². The minimum Gasteiger partial charge on any atom is -0.445 e. The lowest BCUT2D eigenvalue weighted by molar-refractivity contribution is -0.222. The average molecular weight is 804 g/mol. The van der Waals surface area contributed by atoms with E-state index in [2.05, 4.69) is 24.5 Å². The molecule has 1 aromatic rings. The van der Waals surface area contributed by atoms with Crippen molar-refractivity contribution in [2.24, 2.45) is 0 Å². The quantitative estimate of drug-likeness (QED) is 0.0430. The third kappa shape index (κ3) is 23.7. The summed E-state index contributed by atoms with van der Waals surface area (Å²) < 4.78 is 11.5. The Bertz CT molecular complexity index is 1100. The molecule has 1 fully saturated rings. The number of carbonyl (C=O) groups is 2. The fourth-order valence-electron chi connectivity index (χ4n) is 7.86. The Morgan fingerprint density at radius 3 is 1.53 bits per heavy atom. The molecular weight excluding hydrogens is 719 g/mol. The molecule has 10 nitrogen and oxygen atoms in total. The molecule has 0 radical (unpaired) electrons. The predicted molar refractivity (Wildman–Crippen MR) is 232 cm³/mol. The van der Waals surface area contributed by atoms with E-state index >= 15 is 0 Å². The van der Waals surface area contributed by atoms with Crippen LogP contribution in [-0.2, 0) is 16.1 Å². The summed E-state index contributed by atoms with van der Waals surface area (Å²) >= 11 is 0. The molecular formula is C47H85N3O7. The van der Waals surface area contributed by atoms with Crippen LogP contribution in [0.15, 0.2) is 30.3 Å². The van der Waals surface area contributed by atoms with Crippen LogP contribution in [0.4, 0.5) is 9.59 Å². The molecule has 1 aromatic carbocycles. The van der Waals surface area contributed by atoms with Crippen LogP contribution in [0.1, 0.15) is 199 Å². The zero-order valence-corrected chi connectivity index (χ0v) is 36.3. The van der Waals surface area contributed by atoms with Crippen molar-refractivity contribution < 1.29 is 34.4 Å². The largest absolute Gasteiger partial charge is 0.445 e. The molecule has 0 bridgehead atoms. The van der Waals surface area contributed by atoms with E-state index in [9.17, 15) is 24.9 Å². The summed E-state index contributed by atoms with van der Waals surface area (Å²) in [7, 11) is 0. The first kappa shape index (κ1) is 50.7. The topological polar surface area (TPSA) is 141 Å². The maximum Gasteiger partial charge on any atom is 0.407 e. The van der Waals surface area contributed by atoms with E-state index in [1.165, 1.54) is 140 Å². The molecule has 0 aliphatic carbocycles. The van der Waals surface area contributed by atoms with Gasteiger partial charge in [0, 0.05) is 13.1 Å². The van der Waals surface area contributed by atoms with E-state index in [-0.39, 0.29) is 12.6 Å². The first-order chi connectivity index (χ1) is 27.9. The van der Waals surface area contributed by atoms with Crippen molar-refractivity contribution in [1.29, 1.82) is 0 Å². The van der Waals surface area contributed by atoms with Crippen molar-refractivity contribution in [3.05, 3.63) is 35.9 Å². The van der Waals surface area contributed by atoms with Crippen LogP contribution in [0.5, 0.6) is 0 Å². The van der Waals surface area contributed by atoms with Gasteiger partial charge in [0.15, 0.2) is 6.23 Å². The summed E-state index contributed by atoms with van der Waals surface area (Å²) in [5.74, 6) is 0. The van der Waals surface area contributed by atoms with Gasteiger partial charge in [0.2, 0.25) is 0 Å². The molecule has 1 heterocycles. The van der Waals surface area contributed by atoms with Crippen molar-refractivity contribution >= 4 is 12.1 Å². The Balaban J connectivity index is 1.85. The number of aliphatic hydroxyl groups is 3. The Morgan fingerprint density at radius 2 is 1.07 bits per heavy atom. The summed E-state index contributed by atoms with van der Waals surface area (Å²) in [5, 5.41) is 37.7. The highest BCUT2D eigenvalue weighted by Gasteiger charge is 2.48. The van der Waals surface area contributed by atoms with Crippen LogP contribution >= 0.6 is 0 Å². The van der Waals surface area contributed by atoms with Gasteiger partial charge < -0.3 is 35.4 Å². The van der Waals surface area contributed by atoms with Gasteiger partial charge in [-0.25, -0.2) is 9.59 Å². The zero-order chi connectivity index (χ0) is 41.2. The lowest BCUT2D eigenvalue weighted by Crippen LogP contribution is -2.69. The summed E-state index contributed by atoms with van der Waals surface area (Å²) in [4.78, 5) is 28.4. The second kappa shape index (κ2) is 34.5. The van der Waals surface area contributed by atoms with Crippen molar-refractivity contribution in [3.63, 3.8) is 0 Å². The Hall–Kier alpha value is -2.40. The second-order valence-electron chi connectivity index (χ2n) is 16.6. The molecule has 0 spiro atoms. The monoisotopic (exact) mass is 804 g/mol. The highest BCUT2D eigenvalue weighted by atomic mass is 16.6. The molecule has 0 saturated carbocycles. The average Bonchev–Trinajstić information content (AvgIpc) is 3.22. The zero-order valence-electron chi connectivity index (χ0n) is 36.3.